The van der Waals surface area contributed by atoms with Gasteiger partial charge in [-0.15, -0.1) is 0 Å². The molecule has 216 valence electrons. The standard InChI is InChI=1S/C25H49N5O7/c1-24(2,3)36-22(32)27(7)13-17-34-19-15-30(21(31)29-11-9-26-10-12-29)16-20-35-18-14-28(8)23(33)37-25(4,5)6/h26H,9-20H2,1-8H3. The van der Waals surface area contributed by atoms with Crippen molar-refractivity contribution >= 4 is 18.2 Å². The molecule has 1 heterocycles. The summed E-state index contributed by atoms with van der Waals surface area (Å²) in [7, 11) is 3.32. The zero-order chi connectivity index (χ0) is 28.1. The van der Waals surface area contributed by atoms with Crippen molar-refractivity contribution in [1.29, 1.82) is 0 Å². The Morgan fingerprint density at radius 2 is 1.08 bits per heavy atom. The zero-order valence-corrected chi connectivity index (χ0v) is 24.1. The molecule has 12 nitrogen and oxygen atoms in total. The summed E-state index contributed by atoms with van der Waals surface area (Å²) in [5, 5.41) is 3.25. The first-order chi connectivity index (χ1) is 17.2. The number of hydrogen-bond acceptors (Lipinski definition) is 8. The van der Waals surface area contributed by atoms with Crippen LogP contribution in [-0.4, -0.2) is 142 Å². The van der Waals surface area contributed by atoms with Crippen molar-refractivity contribution < 1.29 is 33.3 Å². The molecule has 1 aliphatic heterocycles. The summed E-state index contributed by atoms with van der Waals surface area (Å²) in [5.41, 5.74) is -1.10. The van der Waals surface area contributed by atoms with Crippen LogP contribution in [-0.2, 0) is 18.9 Å². The number of nitrogens with one attached hydrogen (secondary N) is 1. The van der Waals surface area contributed by atoms with Gasteiger partial charge in [0.05, 0.1) is 26.4 Å². The predicted octanol–water partition coefficient (Wildman–Crippen LogP) is 2.08. The van der Waals surface area contributed by atoms with Gasteiger partial charge in [0.1, 0.15) is 11.2 Å². The van der Waals surface area contributed by atoms with Crippen LogP contribution >= 0.6 is 0 Å². The highest BCUT2D eigenvalue weighted by atomic mass is 16.6. The first kappa shape index (κ1) is 32.7. The van der Waals surface area contributed by atoms with E-state index in [0.717, 1.165) is 13.1 Å². The molecular weight excluding hydrogens is 482 g/mol. The molecule has 0 saturated carbocycles. The molecule has 0 bridgehead atoms. The Labute approximate surface area is 222 Å². The van der Waals surface area contributed by atoms with Gasteiger partial charge in [-0.25, -0.2) is 14.4 Å². The van der Waals surface area contributed by atoms with Gasteiger partial charge in [-0.05, 0) is 41.5 Å². The average molecular weight is 532 g/mol. The summed E-state index contributed by atoms with van der Waals surface area (Å²) in [4.78, 5) is 43.6. The fourth-order valence-corrected chi connectivity index (χ4v) is 3.18. The lowest BCUT2D eigenvalue weighted by molar-refractivity contribution is 0.0203. The molecule has 0 aliphatic carbocycles. The molecule has 0 unspecified atom stereocenters. The average Bonchev–Trinajstić information content (AvgIpc) is 2.79. The van der Waals surface area contributed by atoms with Crippen LogP contribution in [0.15, 0.2) is 0 Å². The third-order valence-electron chi connectivity index (χ3n) is 5.22. The number of hydrogen-bond donors (Lipinski definition) is 1. The van der Waals surface area contributed by atoms with E-state index in [0.29, 0.717) is 65.7 Å². The minimum absolute atomic E-state index is 0.0505. The van der Waals surface area contributed by atoms with Gasteiger partial charge in [0.2, 0.25) is 0 Å². The second-order valence-electron chi connectivity index (χ2n) is 11.0. The highest BCUT2D eigenvalue weighted by Gasteiger charge is 2.23. The van der Waals surface area contributed by atoms with Gasteiger partial charge in [0, 0.05) is 66.5 Å². The summed E-state index contributed by atoms with van der Waals surface area (Å²) < 4.78 is 22.1. The van der Waals surface area contributed by atoms with Gasteiger partial charge in [-0.1, -0.05) is 0 Å². The Morgan fingerprint density at radius 1 is 0.703 bits per heavy atom. The van der Waals surface area contributed by atoms with Crippen LogP contribution in [0.5, 0.6) is 0 Å². The van der Waals surface area contributed by atoms with E-state index >= 15 is 0 Å². The van der Waals surface area contributed by atoms with E-state index in [1.54, 1.807) is 19.0 Å². The Balaban J connectivity index is 2.44. The molecule has 37 heavy (non-hydrogen) atoms. The van der Waals surface area contributed by atoms with Crippen LogP contribution in [0.25, 0.3) is 0 Å². The minimum Gasteiger partial charge on any atom is -0.444 e. The van der Waals surface area contributed by atoms with E-state index < -0.39 is 23.4 Å². The van der Waals surface area contributed by atoms with Crippen molar-refractivity contribution in [3.63, 3.8) is 0 Å². The number of ether oxygens (including phenoxy) is 4. The van der Waals surface area contributed by atoms with E-state index in [4.69, 9.17) is 18.9 Å². The second-order valence-corrected chi connectivity index (χ2v) is 11.0. The Morgan fingerprint density at radius 3 is 1.46 bits per heavy atom. The van der Waals surface area contributed by atoms with Crippen molar-refractivity contribution in [2.24, 2.45) is 0 Å². The fraction of sp³-hybridized carbons (Fsp3) is 0.880. The van der Waals surface area contributed by atoms with Gasteiger partial charge >= 0.3 is 18.2 Å². The number of piperazine rings is 1. The van der Waals surface area contributed by atoms with Gasteiger partial charge in [0.25, 0.3) is 0 Å². The lowest BCUT2D eigenvalue weighted by Crippen LogP contribution is -2.52. The maximum absolute atomic E-state index is 13.1. The molecule has 1 saturated heterocycles. The smallest absolute Gasteiger partial charge is 0.410 e. The Bertz CT molecular complexity index is 659. The first-order valence-electron chi connectivity index (χ1n) is 13.0. The molecule has 1 aliphatic rings. The number of likely N-dealkylation sites (N-methyl/N-ethyl adjacent to an activating group) is 2. The number of rotatable bonds is 12. The third-order valence-corrected chi connectivity index (χ3v) is 5.22. The van der Waals surface area contributed by atoms with Gasteiger partial charge in [-0.2, -0.15) is 0 Å². The molecule has 0 spiro atoms. The monoisotopic (exact) mass is 531 g/mol. The van der Waals surface area contributed by atoms with E-state index in [2.05, 4.69) is 5.32 Å². The van der Waals surface area contributed by atoms with Crippen LogP contribution in [0.2, 0.25) is 0 Å². The van der Waals surface area contributed by atoms with E-state index in [-0.39, 0.29) is 6.03 Å². The summed E-state index contributed by atoms with van der Waals surface area (Å²) in [5.74, 6) is 0. The van der Waals surface area contributed by atoms with Crippen LogP contribution in [0.3, 0.4) is 0 Å². The molecular formula is C25H49N5O7. The minimum atomic E-state index is -0.551. The van der Waals surface area contributed by atoms with Crippen molar-refractivity contribution in [3.8, 4) is 0 Å². The fourth-order valence-electron chi connectivity index (χ4n) is 3.18. The van der Waals surface area contributed by atoms with Gasteiger partial charge in [0.15, 0.2) is 0 Å². The third kappa shape index (κ3) is 14.9. The van der Waals surface area contributed by atoms with Crippen LogP contribution in [0.4, 0.5) is 14.4 Å². The van der Waals surface area contributed by atoms with E-state index in [1.807, 2.05) is 46.4 Å². The predicted molar refractivity (Wildman–Crippen MR) is 141 cm³/mol. The number of nitrogens with zero attached hydrogens (tertiary/aromatic N) is 4. The van der Waals surface area contributed by atoms with Crippen LogP contribution < -0.4 is 5.32 Å². The molecule has 0 aromatic heterocycles. The molecule has 1 fully saturated rings. The summed E-state index contributed by atoms with van der Waals surface area (Å²) >= 11 is 0. The normalized spacial score (nSPS) is 14.2. The first-order valence-corrected chi connectivity index (χ1v) is 13.0. The summed E-state index contributed by atoms with van der Waals surface area (Å²) in [6.45, 7) is 16.7. The highest BCUT2D eigenvalue weighted by molar-refractivity contribution is 5.74. The number of amides is 4. The largest absolute Gasteiger partial charge is 0.444 e. The van der Waals surface area contributed by atoms with E-state index in [1.165, 1.54) is 9.80 Å². The zero-order valence-electron chi connectivity index (χ0n) is 24.1. The summed E-state index contributed by atoms with van der Waals surface area (Å²) in [6, 6.07) is -0.0505. The van der Waals surface area contributed by atoms with E-state index in [9.17, 15) is 14.4 Å². The van der Waals surface area contributed by atoms with Crippen molar-refractivity contribution in [2.45, 2.75) is 52.7 Å². The lowest BCUT2D eigenvalue weighted by atomic mass is 10.2. The Hall–Kier alpha value is -2.31. The lowest BCUT2D eigenvalue weighted by Gasteiger charge is -2.33. The Kier molecular flexibility index (Phi) is 14.0. The van der Waals surface area contributed by atoms with Crippen molar-refractivity contribution in [1.82, 2.24) is 24.9 Å². The van der Waals surface area contributed by atoms with Crippen molar-refractivity contribution in [2.75, 3.05) is 92.9 Å². The maximum Gasteiger partial charge on any atom is 0.410 e. The number of carbonyl (C=O) groups is 3. The van der Waals surface area contributed by atoms with Crippen LogP contribution in [0.1, 0.15) is 41.5 Å². The quantitative estimate of drug-likeness (QED) is 0.381. The number of urea groups is 1. The molecule has 12 heteroatoms. The van der Waals surface area contributed by atoms with Crippen LogP contribution in [0, 0.1) is 0 Å². The summed E-state index contributed by atoms with van der Waals surface area (Å²) in [6.07, 6.45) is -0.804. The SMILES string of the molecule is CN(CCOCCN(CCOCCN(C)C(=O)OC(C)(C)C)C(=O)N1CCNCC1)C(=O)OC(C)(C)C. The molecule has 1 N–H and O–H groups in total. The highest BCUT2D eigenvalue weighted by Crippen LogP contribution is 2.10. The molecule has 0 atom stereocenters. The van der Waals surface area contributed by atoms with Crippen molar-refractivity contribution in [3.05, 3.63) is 0 Å². The maximum atomic E-state index is 13.1. The topological polar surface area (TPSA) is 113 Å². The van der Waals surface area contributed by atoms with Gasteiger partial charge in [-0.3, -0.25) is 0 Å². The molecule has 1 rings (SSSR count). The molecule has 4 amide bonds. The van der Waals surface area contributed by atoms with Gasteiger partial charge < -0.3 is 43.9 Å². The second kappa shape index (κ2) is 15.8. The molecule has 0 aromatic rings. The molecule has 0 aromatic carbocycles. The molecule has 0 radical (unpaired) electrons. The number of carbonyl (C=O) groups excluding carboxylic acids is 3.